The van der Waals surface area contributed by atoms with Crippen molar-refractivity contribution >= 4 is 49.4 Å². The Morgan fingerprint density at radius 3 is 2.63 bits per heavy atom. The minimum atomic E-state index is -0.715. The molecule has 38 heavy (non-hydrogen) atoms. The number of nitrogens with zero attached hydrogens (tertiary/aromatic N) is 1. The first-order chi connectivity index (χ1) is 18.5. The zero-order valence-electron chi connectivity index (χ0n) is 20.7. The number of hydroxylamine groups is 1. The van der Waals surface area contributed by atoms with Gasteiger partial charge in [0.1, 0.15) is 5.75 Å². The average molecular weight is 526 g/mol. The summed E-state index contributed by atoms with van der Waals surface area (Å²) in [4.78, 5) is 16.4. The summed E-state index contributed by atoms with van der Waals surface area (Å²) in [6.45, 7) is 0.470. The lowest BCUT2D eigenvalue weighted by atomic mass is 9.95. The van der Waals surface area contributed by atoms with Crippen LogP contribution in [0.15, 0.2) is 90.5 Å². The zero-order valence-corrected chi connectivity index (χ0v) is 21.5. The maximum absolute atomic E-state index is 11.7. The molecule has 5 aromatic rings. The summed E-state index contributed by atoms with van der Waals surface area (Å²) in [6.07, 6.45) is 1.69. The van der Waals surface area contributed by atoms with Gasteiger partial charge in [-0.2, -0.15) is 0 Å². The van der Waals surface area contributed by atoms with Crippen LogP contribution in [-0.4, -0.2) is 34.9 Å². The quantitative estimate of drug-likeness (QED) is 0.135. The maximum Gasteiger partial charge on any atom is 0.274 e. The monoisotopic (exact) mass is 525 g/mol. The van der Waals surface area contributed by atoms with E-state index in [4.69, 9.17) is 9.94 Å². The van der Waals surface area contributed by atoms with Crippen molar-refractivity contribution in [2.24, 2.45) is 0 Å². The summed E-state index contributed by atoms with van der Waals surface area (Å²) in [7, 11) is 1.64. The van der Waals surface area contributed by atoms with Gasteiger partial charge in [-0.1, -0.05) is 72.0 Å². The lowest BCUT2D eigenvalue weighted by Crippen LogP contribution is -2.18. The number of carbonyl (C=O) groups excluding carboxylic acids is 1. The fourth-order valence-corrected chi connectivity index (χ4v) is 5.30. The topological polar surface area (TPSA) is 104 Å². The van der Waals surface area contributed by atoms with Crippen LogP contribution in [0, 0.1) is 0 Å². The predicted octanol–water partition coefficient (Wildman–Crippen LogP) is 6.20. The minimum absolute atomic E-state index is 0.352. The molecule has 4 N–H and O–H groups in total. The Balaban J connectivity index is 1.42. The normalized spacial score (nSPS) is 12.4. The number of hydrogen-bond acceptors (Lipinski definition) is 7. The minimum Gasteiger partial charge on any atom is -0.497 e. The molecule has 5 rings (SSSR count). The average Bonchev–Trinajstić information content (AvgIpc) is 3.37. The van der Waals surface area contributed by atoms with Gasteiger partial charge in [-0.25, -0.2) is 10.5 Å². The number of hydrogen-bond donors (Lipinski definition) is 4. The molecule has 0 fully saturated rings. The number of fused-ring (bicyclic) bond motifs is 2. The molecule has 4 aromatic carbocycles. The van der Waals surface area contributed by atoms with Gasteiger partial charge in [0.15, 0.2) is 5.13 Å². The molecule has 0 aliphatic heterocycles. The van der Waals surface area contributed by atoms with Gasteiger partial charge >= 0.3 is 0 Å². The molecule has 8 heteroatoms. The molecule has 192 valence electrons. The fourth-order valence-electron chi connectivity index (χ4n) is 4.41. The van der Waals surface area contributed by atoms with Gasteiger partial charge in [0.2, 0.25) is 0 Å². The van der Waals surface area contributed by atoms with Crippen molar-refractivity contribution in [1.29, 1.82) is 0 Å². The molecule has 0 saturated heterocycles. The number of methoxy groups -OCH3 is 1. The third kappa shape index (κ3) is 5.68. The molecular weight excluding hydrogens is 498 g/mol. The Labute approximate surface area is 224 Å². The SMILES string of the molecule is COc1ccc2nc(NCC(=Cc3ccc(C(=O)NO)cc3)CC(O)c3cccc4ccccc34)sc2c1. The maximum atomic E-state index is 11.7. The van der Waals surface area contributed by atoms with Gasteiger partial charge in [0.25, 0.3) is 5.91 Å². The Morgan fingerprint density at radius 2 is 1.84 bits per heavy atom. The molecule has 0 spiro atoms. The Hall–Kier alpha value is -4.24. The molecule has 1 amide bonds. The second kappa shape index (κ2) is 11.4. The molecule has 0 aliphatic carbocycles. The second-order valence-electron chi connectivity index (χ2n) is 8.86. The van der Waals surface area contributed by atoms with Crippen molar-refractivity contribution in [2.45, 2.75) is 12.5 Å². The summed E-state index contributed by atoms with van der Waals surface area (Å²) >= 11 is 1.54. The van der Waals surface area contributed by atoms with E-state index in [-0.39, 0.29) is 0 Å². The van der Waals surface area contributed by atoms with Crippen LogP contribution in [0.4, 0.5) is 5.13 Å². The first-order valence-electron chi connectivity index (χ1n) is 12.1. The third-order valence-corrected chi connectivity index (χ3v) is 7.32. The molecular formula is C30H27N3O4S. The van der Waals surface area contributed by atoms with E-state index < -0.39 is 12.0 Å². The van der Waals surface area contributed by atoms with E-state index in [1.54, 1.807) is 36.9 Å². The van der Waals surface area contributed by atoms with Crippen LogP contribution in [0.3, 0.4) is 0 Å². The summed E-state index contributed by atoms with van der Waals surface area (Å²) in [5, 5.41) is 26.5. The van der Waals surface area contributed by atoms with Crippen molar-refractivity contribution < 1.29 is 19.8 Å². The molecule has 0 saturated carbocycles. The molecule has 7 nitrogen and oxygen atoms in total. The summed E-state index contributed by atoms with van der Waals surface area (Å²) in [5.74, 6) is 0.214. The molecule has 0 bridgehead atoms. The van der Waals surface area contributed by atoms with Crippen molar-refractivity contribution in [3.63, 3.8) is 0 Å². The van der Waals surface area contributed by atoms with Crippen LogP contribution in [0.25, 0.3) is 27.1 Å². The van der Waals surface area contributed by atoms with Gasteiger partial charge in [0, 0.05) is 18.5 Å². The largest absolute Gasteiger partial charge is 0.497 e. The Bertz CT molecular complexity index is 1610. The summed E-state index contributed by atoms with van der Waals surface area (Å²) in [6, 6.07) is 26.7. The fraction of sp³-hybridized carbons (Fsp3) is 0.133. The van der Waals surface area contributed by atoms with E-state index in [1.807, 2.05) is 66.7 Å². The van der Waals surface area contributed by atoms with Crippen molar-refractivity contribution in [3.05, 3.63) is 107 Å². The van der Waals surface area contributed by atoms with E-state index >= 15 is 0 Å². The molecule has 0 radical (unpaired) electrons. The number of carbonyl (C=O) groups is 1. The first kappa shape index (κ1) is 25.4. The molecule has 1 aromatic heterocycles. The highest BCUT2D eigenvalue weighted by atomic mass is 32.1. The van der Waals surface area contributed by atoms with Crippen molar-refractivity contribution in [3.8, 4) is 5.75 Å². The number of ether oxygens (including phenoxy) is 1. The van der Waals surface area contributed by atoms with Crippen LogP contribution in [-0.2, 0) is 0 Å². The zero-order chi connectivity index (χ0) is 26.5. The summed E-state index contributed by atoms with van der Waals surface area (Å²) < 4.78 is 6.34. The molecule has 1 atom stereocenters. The second-order valence-corrected chi connectivity index (χ2v) is 9.89. The summed E-state index contributed by atoms with van der Waals surface area (Å²) in [5.41, 5.74) is 5.59. The number of anilines is 1. The number of aliphatic hydroxyl groups is 1. The van der Waals surface area contributed by atoms with E-state index in [1.165, 1.54) is 11.3 Å². The first-order valence-corrected chi connectivity index (χ1v) is 12.9. The predicted molar refractivity (Wildman–Crippen MR) is 152 cm³/mol. The Kier molecular flexibility index (Phi) is 7.65. The van der Waals surface area contributed by atoms with Gasteiger partial charge < -0.3 is 15.2 Å². The number of rotatable bonds is 9. The number of benzene rings is 4. The molecule has 1 heterocycles. The van der Waals surface area contributed by atoms with Gasteiger partial charge in [-0.15, -0.1) is 0 Å². The smallest absolute Gasteiger partial charge is 0.274 e. The van der Waals surface area contributed by atoms with Crippen molar-refractivity contribution in [1.82, 2.24) is 10.5 Å². The molecule has 0 aliphatic rings. The number of nitrogens with one attached hydrogen (secondary N) is 2. The van der Waals surface area contributed by atoms with Gasteiger partial charge in [-0.05, 0) is 57.8 Å². The highest BCUT2D eigenvalue weighted by Crippen LogP contribution is 2.31. The van der Waals surface area contributed by atoms with Crippen LogP contribution in [0.1, 0.15) is 34.0 Å². The molecule has 1 unspecified atom stereocenters. The van der Waals surface area contributed by atoms with Crippen LogP contribution in [0.2, 0.25) is 0 Å². The third-order valence-electron chi connectivity index (χ3n) is 6.35. The highest BCUT2D eigenvalue weighted by molar-refractivity contribution is 7.22. The highest BCUT2D eigenvalue weighted by Gasteiger charge is 2.15. The Morgan fingerprint density at radius 1 is 1.05 bits per heavy atom. The number of aromatic nitrogens is 1. The lowest BCUT2D eigenvalue weighted by molar-refractivity contribution is 0.0706. The van der Waals surface area contributed by atoms with E-state index in [0.29, 0.717) is 18.5 Å². The van der Waals surface area contributed by atoms with Gasteiger partial charge in [0.05, 0.1) is 23.4 Å². The number of thiazole rings is 1. The van der Waals surface area contributed by atoms with Crippen LogP contribution < -0.4 is 15.5 Å². The van der Waals surface area contributed by atoms with Crippen LogP contribution >= 0.6 is 11.3 Å². The number of amides is 1. The lowest BCUT2D eigenvalue weighted by Gasteiger charge is -2.17. The van der Waals surface area contributed by atoms with E-state index in [9.17, 15) is 9.90 Å². The standard InChI is InChI=1S/C30H27N3O4S/c1-37-23-13-14-26-28(17-23)38-30(32-26)31-18-20(15-19-9-11-22(12-10-19)29(35)33-36)16-27(34)25-8-4-6-21-5-2-3-7-24(21)25/h2-15,17,27,34,36H,16,18H2,1H3,(H,31,32)(H,33,35). The van der Waals surface area contributed by atoms with E-state index in [2.05, 4.69) is 10.3 Å². The van der Waals surface area contributed by atoms with Gasteiger partial charge in [-0.3, -0.25) is 10.0 Å². The van der Waals surface area contributed by atoms with Crippen molar-refractivity contribution in [2.75, 3.05) is 19.0 Å². The van der Waals surface area contributed by atoms with Crippen LogP contribution in [0.5, 0.6) is 5.75 Å². The van der Waals surface area contributed by atoms with E-state index in [0.717, 1.165) is 48.6 Å². The number of aliphatic hydroxyl groups excluding tert-OH is 1.